The van der Waals surface area contributed by atoms with Crippen LogP contribution in [0, 0.1) is 11.2 Å². The zero-order valence-electron chi connectivity index (χ0n) is 18.8. The van der Waals surface area contributed by atoms with E-state index in [1.54, 1.807) is 0 Å². The van der Waals surface area contributed by atoms with Crippen LogP contribution in [-0.4, -0.2) is 33.4 Å². The molecule has 1 amide bonds. The third kappa shape index (κ3) is 6.61. The minimum atomic E-state index is -0.833. The number of nitrogens with one attached hydrogen (secondary N) is 3. The number of carbonyl (C=O) groups excluding carboxylic acids is 2. The molecule has 1 aromatic carbocycles. The van der Waals surface area contributed by atoms with Gasteiger partial charge in [-0.05, 0) is 44.2 Å². The van der Waals surface area contributed by atoms with Crippen LogP contribution in [0.3, 0.4) is 0 Å². The fraction of sp³-hybridized carbons (Fsp3) is 0.125. The van der Waals surface area contributed by atoms with Gasteiger partial charge in [-0.2, -0.15) is 0 Å². The van der Waals surface area contributed by atoms with Gasteiger partial charge < -0.3 is 21.1 Å². The topological polar surface area (TPSA) is 143 Å². The van der Waals surface area contributed by atoms with E-state index in [4.69, 9.17) is 27.5 Å². The molecule has 35 heavy (non-hydrogen) atoms. The molecule has 0 aliphatic heterocycles. The molecule has 0 radical (unpaired) electrons. The highest BCUT2D eigenvalue weighted by molar-refractivity contribution is 6.55. The Labute approximate surface area is 205 Å². The number of hydrogen-bond acceptors (Lipinski definition) is 8. The molecule has 2 heterocycles. The van der Waals surface area contributed by atoms with Crippen molar-refractivity contribution in [3.05, 3.63) is 83.0 Å². The average Bonchev–Trinajstić information content (AvgIpc) is 2.83. The third-order valence-electron chi connectivity index (χ3n) is 4.50. The van der Waals surface area contributed by atoms with E-state index in [2.05, 4.69) is 20.6 Å². The quantitative estimate of drug-likeness (QED) is 0.151. The zero-order valence-corrected chi connectivity index (χ0v) is 19.6. The van der Waals surface area contributed by atoms with Crippen molar-refractivity contribution in [3.63, 3.8) is 0 Å². The summed E-state index contributed by atoms with van der Waals surface area (Å²) in [4.78, 5) is 33.8. The first-order valence-corrected chi connectivity index (χ1v) is 10.7. The van der Waals surface area contributed by atoms with E-state index in [1.165, 1.54) is 48.9 Å². The van der Waals surface area contributed by atoms with Crippen molar-refractivity contribution in [2.24, 2.45) is 0 Å². The Morgan fingerprint density at radius 2 is 1.86 bits per heavy atom. The van der Waals surface area contributed by atoms with Gasteiger partial charge in [0.15, 0.2) is 5.75 Å². The molecule has 9 nitrogen and oxygen atoms in total. The number of ether oxygens (including phenoxy) is 1. The Morgan fingerprint density at radius 1 is 1.14 bits per heavy atom. The van der Waals surface area contributed by atoms with Gasteiger partial charge in [0.05, 0.1) is 11.9 Å². The molecule has 11 heteroatoms. The molecule has 0 saturated carbocycles. The summed E-state index contributed by atoms with van der Waals surface area (Å²) in [7, 11) is 0. The van der Waals surface area contributed by atoms with Gasteiger partial charge >= 0.3 is 0 Å². The number of ketones is 1. The van der Waals surface area contributed by atoms with Crippen LogP contribution in [0.15, 0.2) is 66.6 Å². The van der Waals surface area contributed by atoms with Crippen molar-refractivity contribution >= 4 is 40.5 Å². The van der Waals surface area contributed by atoms with Crippen LogP contribution in [-0.2, 0) is 9.59 Å². The molecule has 2 aromatic heterocycles. The zero-order chi connectivity index (χ0) is 25.5. The first-order chi connectivity index (χ1) is 16.7. The van der Waals surface area contributed by atoms with Crippen molar-refractivity contribution in [3.8, 4) is 11.6 Å². The maximum atomic E-state index is 13.2. The lowest BCUT2D eigenvalue weighted by Gasteiger charge is -2.12. The van der Waals surface area contributed by atoms with Gasteiger partial charge in [-0.3, -0.25) is 15.0 Å². The Morgan fingerprint density at radius 3 is 2.49 bits per heavy atom. The fourth-order valence-corrected chi connectivity index (χ4v) is 2.86. The van der Waals surface area contributed by atoms with Gasteiger partial charge in [0.25, 0.3) is 5.91 Å². The van der Waals surface area contributed by atoms with E-state index in [0.29, 0.717) is 0 Å². The first kappa shape index (κ1) is 25.3. The number of halogens is 2. The molecule has 3 aromatic rings. The second-order valence-corrected chi connectivity index (χ2v) is 7.92. The summed E-state index contributed by atoms with van der Waals surface area (Å²) in [6.07, 6.45) is 4.01. The van der Waals surface area contributed by atoms with Gasteiger partial charge in [0.1, 0.15) is 27.9 Å². The van der Waals surface area contributed by atoms with Crippen molar-refractivity contribution in [1.29, 1.82) is 5.41 Å². The van der Waals surface area contributed by atoms with Crippen LogP contribution in [0.1, 0.15) is 19.4 Å². The standard InChI is InChI=1S/C24H22ClFN6O3/c1-13(2)30-12-17(22(33)21(27)14-3-5-15(26)6-4-14)24(34)32-16-7-8-19(31-11-16)35-18-9-10-29-23(28)20(18)25/h3-13,27,30H,1-2H3,(H2,28,29)(H,32,34)/b17-12+,27-21?. The van der Waals surface area contributed by atoms with E-state index in [-0.39, 0.29) is 45.3 Å². The number of amides is 1. The summed E-state index contributed by atoms with van der Waals surface area (Å²) in [5.74, 6) is -1.53. The first-order valence-electron chi connectivity index (χ1n) is 10.4. The van der Waals surface area contributed by atoms with E-state index in [0.717, 1.165) is 12.1 Å². The van der Waals surface area contributed by atoms with Gasteiger partial charge in [-0.1, -0.05) is 11.6 Å². The number of pyridine rings is 2. The van der Waals surface area contributed by atoms with Crippen LogP contribution in [0.25, 0.3) is 0 Å². The molecule has 0 unspecified atom stereocenters. The Hall–Kier alpha value is -4.31. The average molecular weight is 497 g/mol. The molecule has 0 atom stereocenters. The maximum Gasteiger partial charge on any atom is 0.261 e. The second kappa shape index (κ2) is 11.2. The smallest absolute Gasteiger partial charge is 0.261 e. The molecular weight excluding hydrogens is 475 g/mol. The molecule has 0 aliphatic rings. The number of rotatable bonds is 9. The van der Waals surface area contributed by atoms with Gasteiger partial charge in [0.2, 0.25) is 11.7 Å². The van der Waals surface area contributed by atoms with E-state index < -0.39 is 23.2 Å². The van der Waals surface area contributed by atoms with Crippen LogP contribution >= 0.6 is 11.6 Å². The van der Waals surface area contributed by atoms with Crippen molar-refractivity contribution in [1.82, 2.24) is 15.3 Å². The molecule has 0 aliphatic carbocycles. The van der Waals surface area contributed by atoms with Crippen LogP contribution in [0.5, 0.6) is 11.6 Å². The molecular formula is C24H22ClFN6O3. The number of anilines is 2. The van der Waals surface area contributed by atoms with E-state index in [9.17, 15) is 14.0 Å². The predicted octanol–water partition coefficient (Wildman–Crippen LogP) is 4.10. The minimum Gasteiger partial charge on any atom is -0.437 e. The van der Waals surface area contributed by atoms with E-state index >= 15 is 0 Å². The molecule has 0 saturated heterocycles. The largest absolute Gasteiger partial charge is 0.437 e. The number of nitrogens with two attached hydrogens (primary N) is 1. The molecule has 180 valence electrons. The van der Waals surface area contributed by atoms with Gasteiger partial charge in [0, 0.05) is 36.1 Å². The Kier molecular flexibility index (Phi) is 8.11. The number of aromatic nitrogens is 2. The highest BCUT2D eigenvalue weighted by Crippen LogP contribution is 2.31. The van der Waals surface area contributed by atoms with Crippen molar-refractivity contribution in [2.45, 2.75) is 19.9 Å². The lowest BCUT2D eigenvalue weighted by molar-refractivity contribution is -0.117. The number of nitrogen functional groups attached to an aromatic ring is 1. The van der Waals surface area contributed by atoms with Crippen LogP contribution in [0.2, 0.25) is 5.02 Å². The lowest BCUT2D eigenvalue weighted by atomic mass is 10.0. The summed E-state index contributed by atoms with van der Waals surface area (Å²) in [6.45, 7) is 3.65. The summed E-state index contributed by atoms with van der Waals surface area (Å²) >= 11 is 6.06. The molecule has 5 N–H and O–H groups in total. The Bertz CT molecular complexity index is 1280. The molecule has 3 rings (SSSR count). The summed E-state index contributed by atoms with van der Waals surface area (Å²) in [5, 5.41) is 13.8. The summed E-state index contributed by atoms with van der Waals surface area (Å²) < 4.78 is 18.8. The van der Waals surface area contributed by atoms with Crippen molar-refractivity contribution in [2.75, 3.05) is 11.1 Å². The molecule has 0 fully saturated rings. The number of hydrogen-bond donors (Lipinski definition) is 4. The lowest BCUT2D eigenvalue weighted by Crippen LogP contribution is -2.29. The minimum absolute atomic E-state index is 0.0715. The summed E-state index contributed by atoms with van der Waals surface area (Å²) in [6, 6.07) is 9.32. The monoisotopic (exact) mass is 496 g/mol. The number of Topliss-reactive ketones (excluding diaryl/α,β-unsaturated/α-hetero) is 1. The number of carbonyl (C=O) groups is 2. The fourth-order valence-electron chi connectivity index (χ4n) is 2.71. The molecule has 0 spiro atoms. The summed E-state index contributed by atoms with van der Waals surface area (Å²) in [5.41, 5.74) is 5.36. The SMILES string of the molecule is CC(C)N/C=C(/C(=O)Nc1ccc(Oc2ccnc(N)c2Cl)nc1)C(=O)C(=N)c1ccc(F)cc1. The molecule has 0 bridgehead atoms. The Balaban J connectivity index is 1.76. The predicted molar refractivity (Wildman–Crippen MR) is 131 cm³/mol. The normalized spacial score (nSPS) is 11.2. The highest BCUT2D eigenvalue weighted by Gasteiger charge is 2.24. The van der Waals surface area contributed by atoms with Gasteiger partial charge in [-0.25, -0.2) is 14.4 Å². The van der Waals surface area contributed by atoms with Gasteiger partial charge in [-0.15, -0.1) is 0 Å². The van der Waals surface area contributed by atoms with E-state index in [1.807, 2.05) is 13.8 Å². The van der Waals surface area contributed by atoms with Crippen LogP contribution in [0.4, 0.5) is 15.9 Å². The maximum absolute atomic E-state index is 13.2. The van der Waals surface area contributed by atoms with Crippen molar-refractivity contribution < 1.29 is 18.7 Å². The number of nitrogens with zero attached hydrogens (tertiary/aromatic N) is 2. The number of benzene rings is 1. The third-order valence-corrected chi connectivity index (χ3v) is 4.88. The second-order valence-electron chi connectivity index (χ2n) is 7.54. The van der Waals surface area contributed by atoms with Crippen LogP contribution < -0.4 is 21.1 Å². The highest BCUT2D eigenvalue weighted by atomic mass is 35.5.